The van der Waals surface area contributed by atoms with Crippen LogP contribution in [0.5, 0.6) is 0 Å². The Balaban J connectivity index is 1.47. The summed E-state index contributed by atoms with van der Waals surface area (Å²) in [5.74, 6) is -0.618. The molecule has 3 heterocycles. The Morgan fingerprint density at radius 2 is 1.52 bits per heavy atom. The summed E-state index contributed by atoms with van der Waals surface area (Å²) in [4.78, 5) is 34.5. The Hall–Kier alpha value is -3.93. The lowest BCUT2D eigenvalue weighted by Crippen LogP contribution is -2.32. The number of carbonyl (C=O) groups excluding carboxylic acids is 2. The Bertz CT molecular complexity index is 1200. The maximum absolute atomic E-state index is 13.4. The minimum absolute atomic E-state index is 0.203. The molecule has 2 aliphatic heterocycles. The van der Waals surface area contributed by atoms with Gasteiger partial charge in [0.05, 0.1) is 12.1 Å². The molecular formula is C27H26N4O2. The zero-order valence-electron chi connectivity index (χ0n) is 18.6. The van der Waals surface area contributed by atoms with Crippen molar-refractivity contribution in [3.8, 4) is 0 Å². The summed E-state index contributed by atoms with van der Waals surface area (Å²) in [6.45, 7) is 4.35. The van der Waals surface area contributed by atoms with Crippen LogP contribution in [0.15, 0.2) is 78.8 Å². The molecular weight excluding hydrogens is 412 g/mol. The number of nitrogens with zero attached hydrogens (tertiary/aromatic N) is 3. The van der Waals surface area contributed by atoms with E-state index in [1.165, 1.54) is 23.4 Å². The lowest BCUT2D eigenvalue weighted by Gasteiger charge is -2.18. The second kappa shape index (κ2) is 8.90. The molecule has 6 nitrogen and oxygen atoms in total. The smallest absolute Gasteiger partial charge is 0.278 e. The first kappa shape index (κ1) is 20.9. The van der Waals surface area contributed by atoms with Crippen molar-refractivity contribution >= 4 is 28.8 Å². The van der Waals surface area contributed by atoms with Crippen molar-refractivity contribution in [3.63, 3.8) is 0 Å². The molecule has 0 radical (unpaired) electrons. The summed E-state index contributed by atoms with van der Waals surface area (Å²) in [6, 6.07) is 19.4. The predicted octanol–water partition coefficient (Wildman–Crippen LogP) is 4.38. The van der Waals surface area contributed by atoms with E-state index in [4.69, 9.17) is 0 Å². The molecule has 0 saturated carbocycles. The van der Waals surface area contributed by atoms with E-state index in [1.807, 2.05) is 55.5 Å². The molecule has 6 heteroatoms. The minimum Gasteiger partial charge on any atom is -0.372 e. The lowest BCUT2D eigenvalue weighted by molar-refractivity contribution is -0.137. The molecule has 1 N–H and O–H groups in total. The second-order valence-electron chi connectivity index (χ2n) is 8.53. The number of imide groups is 1. The van der Waals surface area contributed by atoms with Crippen molar-refractivity contribution in [1.29, 1.82) is 0 Å². The van der Waals surface area contributed by atoms with Gasteiger partial charge in [-0.1, -0.05) is 29.8 Å². The standard InChI is InChI=1S/C27H26N4O2/c1-19-4-6-21(7-5-19)24-25(27(33)31(26(24)32)18-20-12-14-28-15-13-20)29-22-8-10-23(11-9-22)30-16-2-3-17-30/h4-15,29H,2-3,16-18H2,1H3. The zero-order valence-corrected chi connectivity index (χ0v) is 18.6. The molecule has 1 aromatic heterocycles. The predicted molar refractivity (Wildman–Crippen MR) is 129 cm³/mol. The van der Waals surface area contributed by atoms with Gasteiger partial charge in [-0.2, -0.15) is 0 Å². The van der Waals surface area contributed by atoms with Gasteiger partial charge < -0.3 is 10.2 Å². The first-order valence-electron chi connectivity index (χ1n) is 11.3. The highest BCUT2D eigenvalue weighted by molar-refractivity contribution is 6.36. The van der Waals surface area contributed by atoms with Crippen LogP contribution < -0.4 is 10.2 Å². The molecule has 2 aromatic carbocycles. The quantitative estimate of drug-likeness (QED) is 0.579. The fraction of sp³-hybridized carbons (Fsp3) is 0.222. The molecule has 2 aliphatic rings. The maximum atomic E-state index is 13.4. The Labute approximate surface area is 193 Å². The van der Waals surface area contributed by atoms with E-state index in [0.717, 1.165) is 35.5 Å². The van der Waals surface area contributed by atoms with Crippen molar-refractivity contribution in [3.05, 3.63) is 95.4 Å². The molecule has 5 rings (SSSR count). The number of carbonyl (C=O) groups is 2. The SMILES string of the molecule is Cc1ccc(C2=C(Nc3ccc(N4CCCC4)cc3)C(=O)N(Cc3ccncc3)C2=O)cc1. The molecule has 1 saturated heterocycles. The first-order chi connectivity index (χ1) is 16.1. The normalized spacial score (nSPS) is 16.2. The van der Waals surface area contributed by atoms with Crippen molar-refractivity contribution < 1.29 is 9.59 Å². The number of hydrogen-bond donors (Lipinski definition) is 1. The third kappa shape index (κ3) is 4.24. The van der Waals surface area contributed by atoms with Crippen LogP contribution in [0.2, 0.25) is 0 Å². The monoisotopic (exact) mass is 438 g/mol. The molecule has 0 atom stereocenters. The number of nitrogens with one attached hydrogen (secondary N) is 1. The number of pyridine rings is 1. The summed E-state index contributed by atoms with van der Waals surface area (Å²) in [5.41, 5.74) is 5.35. The summed E-state index contributed by atoms with van der Waals surface area (Å²) >= 11 is 0. The second-order valence-corrected chi connectivity index (χ2v) is 8.53. The molecule has 0 bridgehead atoms. The number of rotatable bonds is 6. The first-order valence-corrected chi connectivity index (χ1v) is 11.3. The summed E-state index contributed by atoms with van der Waals surface area (Å²) in [5, 5.41) is 3.25. The summed E-state index contributed by atoms with van der Waals surface area (Å²) in [7, 11) is 0. The van der Waals surface area contributed by atoms with Crippen LogP contribution in [0, 0.1) is 6.92 Å². The van der Waals surface area contributed by atoms with Gasteiger partial charge in [-0.3, -0.25) is 19.5 Å². The molecule has 0 aliphatic carbocycles. The number of aryl methyl sites for hydroxylation is 1. The number of aromatic nitrogens is 1. The number of benzene rings is 2. The Morgan fingerprint density at radius 3 is 2.18 bits per heavy atom. The molecule has 0 unspecified atom stereocenters. The van der Waals surface area contributed by atoms with Gasteiger partial charge in [0.25, 0.3) is 11.8 Å². The zero-order chi connectivity index (χ0) is 22.8. The largest absolute Gasteiger partial charge is 0.372 e. The number of anilines is 2. The van der Waals surface area contributed by atoms with Gasteiger partial charge in [-0.15, -0.1) is 0 Å². The maximum Gasteiger partial charge on any atom is 0.278 e. The minimum atomic E-state index is -0.323. The van der Waals surface area contributed by atoms with Crippen LogP contribution in [0.4, 0.5) is 11.4 Å². The van der Waals surface area contributed by atoms with Gasteiger partial charge in [0, 0.05) is 36.9 Å². The molecule has 166 valence electrons. The van der Waals surface area contributed by atoms with E-state index < -0.39 is 0 Å². The van der Waals surface area contributed by atoms with Crippen molar-refractivity contribution in [2.75, 3.05) is 23.3 Å². The van der Waals surface area contributed by atoms with Crippen LogP contribution in [-0.2, 0) is 16.1 Å². The fourth-order valence-corrected chi connectivity index (χ4v) is 4.37. The van der Waals surface area contributed by atoms with Crippen LogP contribution in [-0.4, -0.2) is 34.8 Å². The highest BCUT2D eigenvalue weighted by Crippen LogP contribution is 2.32. The average molecular weight is 439 g/mol. The van der Waals surface area contributed by atoms with Crippen LogP contribution >= 0.6 is 0 Å². The molecule has 33 heavy (non-hydrogen) atoms. The highest BCUT2D eigenvalue weighted by Gasteiger charge is 2.39. The topological polar surface area (TPSA) is 65.5 Å². The van der Waals surface area contributed by atoms with E-state index >= 15 is 0 Å². The van der Waals surface area contributed by atoms with E-state index in [-0.39, 0.29) is 18.4 Å². The van der Waals surface area contributed by atoms with Gasteiger partial charge in [0.1, 0.15) is 5.70 Å². The Morgan fingerprint density at radius 1 is 0.848 bits per heavy atom. The third-order valence-corrected chi connectivity index (χ3v) is 6.21. The highest BCUT2D eigenvalue weighted by atomic mass is 16.2. The van der Waals surface area contributed by atoms with Gasteiger partial charge in [-0.05, 0) is 67.3 Å². The van der Waals surface area contributed by atoms with Gasteiger partial charge >= 0.3 is 0 Å². The van der Waals surface area contributed by atoms with Gasteiger partial charge in [0.2, 0.25) is 0 Å². The number of hydrogen-bond acceptors (Lipinski definition) is 5. The summed E-state index contributed by atoms with van der Waals surface area (Å²) < 4.78 is 0. The van der Waals surface area contributed by atoms with Crippen molar-refractivity contribution in [2.24, 2.45) is 0 Å². The Kier molecular flexibility index (Phi) is 5.65. The van der Waals surface area contributed by atoms with Crippen LogP contribution in [0.25, 0.3) is 5.57 Å². The fourth-order valence-electron chi connectivity index (χ4n) is 4.37. The van der Waals surface area contributed by atoms with E-state index in [2.05, 4.69) is 27.3 Å². The van der Waals surface area contributed by atoms with E-state index in [9.17, 15) is 9.59 Å². The van der Waals surface area contributed by atoms with Gasteiger partial charge in [0.15, 0.2) is 0 Å². The number of amides is 2. The molecule has 2 amide bonds. The van der Waals surface area contributed by atoms with Gasteiger partial charge in [-0.25, -0.2) is 0 Å². The van der Waals surface area contributed by atoms with Crippen LogP contribution in [0.3, 0.4) is 0 Å². The van der Waals surface area contributed by atoms with E-state index in [0.29, 0.717) is 11.3 Å². The molecule has 3 aromatic rings. The molecule has 1 fully saturated rings. The van der Waals surface area contributed by atoms with E-state index in [1.54, 1.807) is 12.4 Å². The van der Waals surface area contributed by atoms with Crippen LogP contribution in [0.1, 0.15) is 29.5 Å². The van der Waals surface area contributed by atoms with Crippen molar-refractivity contribution in [2.45, 2.75) is 26.3 Å². The average Bonchev–Trinajstić information content (AvgIpc) is 3.45. The summed E-state index contributed by atoms with van der Waals surface area (Å²) in [6.07, 6.45) is 5.76. The molecule has 0 spiro atoms. The lowest BCUT2D eigenvalue weighted by atomic mass is 10.0. The van der Waals surface area contributed by atoms with Crippen molar-refractivity contribution in [1.82, 2.24) is 9.88 Å². The third-order valence-electron chi connectivity index (χ3n) is 6.21.